The van der Waals surface area contributed by atoms with Crippen LogP contribution in [-0.4, -0.2) is 21.1 Å². The van der Waals surface area contributed by atoms with Gasteiger partial charge >= 0.3 is 0 Å². The number of pyridine rings is 1. The molecule has 0 atom stereocenters. The zero-order valence-corrected chi connectivity index (χ0v) is 36.3. The molecule has 0 N–H and O–H groups in total. The largest absolute Gasteiger partial charge is 0.248 e. The van der Waals surface area contributed by atoms with Crippen molar-refractivity contribution in [3.05, 3.63) is 176 Å². The van der Waals surface area contributed by atoms with Crippen LogP contribution >= 0.6 is 0 Å². The van der Waals surface area contributed by atoms with E-state index < -0.39 is 16.1 Å². The van der Waals surface area contributed by atoms with Crippen LogP contribution < -0.4 is 10.4 Å². The average Bonchev–Trinajstić information content (AvgIpc) is 3.27. The third-order valence-corrected chi connectivity index (χ3v) is 20.1. The Labute approximate surface area is 342 Å². The molecule has 0 unspecified atom stereocenters. The summed E-state index contributed by atoms with van der Waals surface area (Å²) in [7, 11) is -2.82. The summed E-state index contributed by atoms with van der Waals surface area (Å²) in [4.78, 5) is 5.35. The summed E-state index contributed by atoms with van der Waals surface area (Å²) in [5.74, 6) is 0. The van der Waals surface area contributed by atoms with Gasteiger partial charge in [-0.2, -0.15) is 0 Å². The highest BCUT2D eigenvalue weighted by Crippen LogP contribution is 2.36. The predicted molar refractivity (Wildman–Crippen MR) is 254 cm³/mol. The van der Waals surface area contributed by atoms with Gasteiger partial charge in [-0.3, -0.25) is 0 Å². The molecular weight excluding hydrogens is 719 g/mol. The minimum absolute atomic E-state index is 0.982. The first-order valence-electron chi connectivity index (χ1n) is 20.7. The average molecular weight is 772 g/mol. The first-order valence-corrected chi connectivity index (χ1v) is 26.8. The van der Waals surface area contributed by atoms with Gasteiger partial charge in [-0.1, -0.05) is 233 Å². The monoisotopic (exact) mass is 771 g/mol. The van der Waals surface area contributed by atoms with Crippen molar-refractivity contribution >= 4 is 37.3 Å². The summed E-state index contributed by atoms with van der Waals surface area (Å²) in [6.45, 7) is 14.4. The maximum Gasteiger partial charge on any atom is 0.0859 e. The van der Waals surface area contributed by atoms with Crippen LogP contribution in [0, 0.1) is 0 Å². The molecule has 0 aliphatic carbocycles. The molecule has 1 aromatic heterocycles. The van der Waals surface area contributed by atoms with Crippen LogP contribution in [0.25, 0.3) is 77.8 Å². The Morgan fingerprint density at radius 2 is 0.789 bits per heavy atom. The van der Waals surface area contributed by atoms with Crippen molar-refractivity contribution < 1.29 is 0 Å². The molecule has 0 bridgehead atoms. The standard InChI is InChI=1S/C54H53NSi2/c1-7-57(8-2,9-3)48-35-29-41(30-36-48)46-37-53(55-54(38-46)52-20-14-16-42-15-10-11-19-51(42)52)45-27-23-40(24-28-45)39-21-25-43(26-22-39)49-17-12-13-18-50(49)44-31-33-47(34-32-44)56(4,5)6/h10-38H,7-9H2,1-6H3. The van der Waals surface area contributed by atoms with E-state index in [1.165, 1.54) is 78.6 Å². The maximum absolute atomic E-state index is 5.35. The number of nitrogens with zero attached hydrogens (tertiary/aromatic N) is 1. The maximum atomic E-state index is 5.35. The number of hydrogen-bond acceptors (Lipinski definition) is 1. The molecule has 0 fully saturated rings. The molecule has 0 aliphatic rings. The van der Waals surface area contributed by atoms with E-state index in [9.17, 15) is 0 Å². The van der Waals surface area contributed by atoms with Crippen molar-refractivity contribution in [1.82, 2.24) is 4.98 Å². The zero-order valence-electron chi connectivity index (χ0n) is 34.3. The summed E-state index contributed by atoms with van der Waals surface area (Å²) in [6, 6.07) is 69.1. The van der Waals surface area contributed by atoms with E-state index >= 15 is 0 Å². The van der Waals surface area contributed by atoms with Gasteiger partial charge in [-0.05, 0) is 67.4 Å². The fraction of sp³-hybridized carbons (Fsp3) is 0.167. The number of hydrogen-bond donors (Lipinski definition) is 0. The Bertz CT molecular complexity index is 2620. The van der Waals surface area contributed by atoms with Gasteiger partial charge in [0.15, 0.2) is 0 Å². The van der Waals surface area contributed by atoms with Crippen molar-refractivity contribution in [2.24, 2.45) is 0 Å². The SMILES string of the molecule is CC[Si](CC)(CC)c1ccc(-c2cc(-c3ccc(-c4ccc(-c5ccccc5-c5ccc([Si](C)(C)C)cc5)cc4)cc3)nc(-c3cccc4ccccc34)c2)cc1. The van der Waals surface area contributed by atoms with E-state index in [2.05, 4.69) is 216 Å². The molecule has 0 aliphatic heterocycles. The quantitative estimate of drug-likeness (QED) is 0.119. The molecule has 8 aromatic rings. The minimum atomic E-state index is -1.46. The molecule has 3 heteroatoms. The first-order chi connectivity index (χ1) is 27.7. The molecule has 7 aromatic carbocycles. The van der Waals surface area contributed by atoms with Gasteiger partial charge in [0.2, 0.25) is 0 Å². The molecule has 282 valence electrons. The lowest BCUT2D eigenvalue weighted by Crippen LogP contribution is -2.45. The Hall–Kier alpha value is -5.62. The fourth-order valence-electron chi connectivity index (χ4n) is 8.62. The second kappa shape index (κ2) is 16.1. The zero-order chi connectivity index (χ0) is 39.6. The van der Waals surface area contributed by atoms with Crippen LogP contribution in [0.5, 0.6) is 0 Å². The number of benzene rings is 7. The van der Waals surface area contributed by atoms with Gasteiger partial charge in [0.25, 0.3) is 0 Å². The third-order valence-electron chi connectivity index (χ3n) is 12.5. The fourth-order valence-corrected chi connectivity index (χ4v) is 13.4. The van der Waals surface area contributed by atoms with E-state index in [1.54, 1.807) is 5.19 Å². The molecular formula is C54H53NSi2. The van der Waals surface area contributed by atoms with Gasteiger partial charge in [0, 0.05) is 11.1 Å². The number of rotatable bonds is 11. The summed E-state index contributed by atoms with van der Waals surface area (Å²) < 4.78 is 0. The predicted octanol–water partition coefficient (Wildman–Crippen LogP) is 14.5. The van der Waals surface area contributed by atoms with Crippen LogP contribution in [0.2, 0.25) is 37.8 Å². The van der Waals surface area contributed by atoms with Crippen molar-refractivity contribution in [3.8, 4) is 67.0 Å². The van der Waals surface area contributed by atoms with Crippen molar-refractivity contribution in [2.45, 2.75) is 58.5 Å². The molecule has 57 heavy (non-hydrogen) atoms. The van der Waals surface area contributed by atoms with E-state index in [0.29, 0.717) is 0 Å². The Balaban J connectivity index is 1.12. The second-order valence-electron chi connectivity index (χ2n) is 16.6. The van der Waals surface area contributed by atoms with Crippen LogP contribution in [-0.2, 0) is 0 Å². The van der Waals surface area contributed by atoms with Crippen molar-refractivity contribution in [2.75, 3.05) is 0 Å². The third kappa shape index (κ3) is 7.75. The molecule has 0 amide bonds. The topological polar surface area (TPSA) is 12.9 Å². The van der Waals surface area contributed by atoms with Crippen molar-refractivity contribution in [3.63, 3.8) is 0 Å². The van der Waals surface area contributed by atoms with Gasteiger partial charge < -0.3 is 0 Å². The van der Waals surface area contributed by atoms with Crippen LogP contribution in [0.1, 0.15) is 20.8 Å². The highest BCUT2D eigenvalue weighted by molar-refractivity contribution is 6.91. The van der Waals surface area contributed by atoms with Gasteiger partial charge in [0.1, 0.15) is 0 Å². The lowest BCUT2D eigenvalue weighted by Gasteiger charge is -2.28. The molecule has 0 saturated carbocycles. The van der Waals surface area contributed by atoms with E-state index in [-0.39, 0.29) is 0 Å². The molecule has 0 saturated heterocycles. The van der Waals surface area contributed by atoms with Crippen LogP contribution in [0.4, 0.5) is 0 Å². The van der Waals surface area contributed by atoms with Crippen LogP contribution in [0.15, 0.2) is 176 Å². The van der Waals surface area contributed by atoms with E-state index in [1.807, 2.05) is 0 Å². The molecule has 1 nitrogen and oxygen atoms in total. The lowest BCUT2D eigenvalue weighted by atomic mass is 9.93. The normalized spacial score (nSPS) is 11.9. The molecule has 8 rings (SSSR count). The van der Waals surface area contributed by atoms with Gasteiger partial charge in [-0.25, -0.2) is 4.98 Å². The highest BCUT2D eigenvalue weighted by Gasteiger charge is 2.29. The molecule has 0 spiro atoms. The molecule has 0 radical (unpaired) electrons. The van der Waals surface area contributed by atoms with Crippen LogP contribution in [0.3, 0.4) is 0 Å². The molecule has 1 heterocycles. The Morgan fingerprint density at radius 3 is 1.37 bits per heavy atom. The number of fused-ring (bicyclic) bond motifs is 1. The Morgan fingerprint density at radius 1 is 0.368 bits per heavy atom. The summed E-state index contributed by atoms with van der Waals surface area (Å²) in [5.41, 5.74) is 14.1. The van der Waals surface area contributed by atoms with E-state index in [4.69, 9.17) is 4.98 Å². The summed E-state index contributed by atoms with van der Waals surface area (Å²) in [5, 5.41) is 5.50. The highest BCUT2D eigenvalue weighted by atomic mass is 28.3. The van der Waals surface area contributed by atoms with Gasteiger partial charge in [-0.15, -0.1) is 0 Å². The Kier molecular flexibility index (Phi) is 10.8. The smallest absolute Gasteiger partial charge is 0.0859 e. The number of aromatic nitrogens is 1. The summed E-state index contributed by atoms with van der Waals surface area (Å²) in [6.07, 6.45) is 0. The first kappa shape index (κ1) is 38.3. The lowest BCUT2D eigenvalue weighted by molar-refractivity contribution is 1.19. The second-order valence-corrected chi connectivity index (χ2v) is 26.9. The van der Waals surface area contributed by atoms with E-state index in [0.717, 1.165) is 22.5 Å². The summed E-state index contributed by atoms with van der Waals surface area (Å²) >= 11 is 0. The minimum Gasteiger partial charge on any atom is -0.248 e. The van der Waals surface area contributed by atoms with Gasteiger partial charge in [0.05, 0.1) is 27.5 Å². The van der Waals surface area contributed by atoms with Crippen molar-refractivity contribution in [1.29, 1.82) is 0 Å².